The number of pyridine rings is 1. The first kappa shape index (κ1) is 16.0. The van der Waals surface area contributed by atoms with Gasteiger partial charge in [-0.2, -0.15) is 18.4 Å². The second kappa shape index (κ2) is 5.54. The highest BCUT2D eigenvalue weighted by Gasteiger charge is 2.41. The van der Waals surface area contributed by atoms with Crippen LogP contribution in [0.3, 0.4) is 0 Å². The maximum Gasteiger partial charge on any atom is 0.573 e. The van der Waals surface area contributed by atoms with E-state index >= 15 is 0 Å². The summed E-state index contributed by atoms with van der Waals surface area (Å²) < 4.78 is 78.1. The van der Waals surface area contributed by atoms with Gasteiger partial charge in [0.15, 0.2) is 0 Å². The standard InChI is InChI=1S/C10H7F6N3O/c11-9(12,13)6-4-19-7(1-2-17)5(3-18)8(6)20-10(14,15)16/h4H,1,3,18H2. The van der Waals surface area contributed by atoms with Crippen molar-refractivity contribution in [1.82, 2.24) is 4.98 Å². The van der Waals surface area contributed by atoms with Crippen molar-refractivity contribution < 1.29 is 31.1 Å². The van der Waals surface area contributed by atoms with Gasteiger partial charge in [-0.3, -0.25) is 4.98 Å². The van der Waals surface area contributed by atoms with Gasteiger partial charge < -0.3 is 10.5 Å². The molecule has 10 heteroatoms. The molecular weight excluding hydrogens is 292 g/mol. The Kier molecular flexibility index (Phi) is 4.44. The van der Waals surface area contributed by atoms with E-state index in [4.69, 9.17) is 11.0 Å². The topological polar surface area (TPSA) is 71.9 Å². The van der Waals surface area contributed by atoms with Gasteiger partial charge in [-0.15, -0.1) is 13.2 Å². The number of nitriles is 1. The zero-order valence-electron chi connectivity index (χ0n) is 9.64. The minimum atomic E-state index is -5.32. The van der Waals surface area contributed by atoms with Gasteiger partial charge in [0.25, 0.3) is 0 Å². The number of hydrogen-bond acceptors (Lipinski definition) is 4. The molecular formula is C10H7F6N3O. The van der Waals surface area contributed by atoms with Crippen molar-refractivity contribution in [2.24, 2.45) is 5.73 Å². The highest BCUT2D eigenvalue weighted by atomic mass is 19.4. The van der Waals surface area contributed by atoms with E-state index < -0.39 is 42.4 Å². The van der Waals surface area contributed by atoms with Crippen molar-refractivity contribution >= 4 is 0 Å². The molecule has 1 rings (SSSR count). The SMILES string of the molecule is N#CCc1ncc(C(F)(F)F)c(OC(F)(F)F)c1CN. The molecule has 0 aliphatic heterocycles. The van der Waals surface area contributed by atoms with Gasteiger partial charge >= 0.3 is 12.5 Å². The highest BCUT2D eigenvalue weighted by molar-refractivity contribution is 5.45. The zero-order chi connectivity index (χ0) is 15.6. The van der Waals surface area contributed by atoms with Crippen molar-refractivity contribution in [3.63, 3.8) is 0 Å². The van der Waals surface area contributed by atoms with E-state index in [-0.39, 0.29) is 11.9 Å². The minimum Gasteiger partial charge on any atom is -0.405 e. The molecule has 0 bridgehead atoms. The molecule has 0 saturated heterocycles. The van der Waals surface area contributed by atoms with Gasteiger partial charge in [-0.1, -0.05) is 0 Å². The van der Waals surface area contributed by atoms with Gasteiger partial charge in [0.2, 0.25) is 0 Å². The van der Waals surface area contributed by atoms with E-state index in [1.165, 1.54) is 0 Å². The maximum atomic E-state index is 12.7. The summed E-state index contributed by atoms with van der Waals surface area (Å²) in [5.74, 6) is -1.47. The molecule has 0 atom stereocenters. The van der Waals surface area contributed by atoms with Crippen LogP contribution in [-0.2, 0) is 19.1 Å². The lowest BCUT2D eigenvalue weighted by atomic mass is 10.1. The summed E-state index contributed by atoms with van der Waals surface area (Å²) in [5.41, 5.74) is 2.56. The summed E-state index contributed by atoms with van der Waals surface area (Å²) >= 11 is 0. The Balaban J connectivity index is 3.52. The third kappa shape index (κ3) is 3.74. The Morgan fingerprint density at radius 1 is 1.25 bits per heavy atom. The second-order valence-electron chi connectivity index (χ2n) is 3.51. The molecule has 0 aliphatic carbocycles. The number of nitrogens with two attached hydrogens (primary N) is 1. The summed E-state index contributed by atoms with van der Waals surface area (Å²) in [4.78, 5) is 3.33. The molecule has 0 fully saturated rings. The average Bonchev–Trinajstić information content (AvgIpc) is 2.26. The first-order valence-corrected chi connectivity index (χ1v) is 5.01. The Morgan fingerprint density at radius 2 is 1.85 bits per heavy atom. The number of hydrogen-bond donors (Lipinski definition) is 1. The van der Waals surface area contributed by atoms with E-state index in [0.717, 1.165) is 0 Å². The van der Waals surface area contributed by atoms with Crippen LogP contribution in [0.15, 0.2) is 6.20 Å². The molecule has 0 unspecified atom stereocenters. The van der Waals surface area contributed by atoms with Crippen LogP contribution < -0.4 is 10.5 Å². The fourth-order valence-corrected chi connectivity index (χ4v) is 1.44. The van der Waals surface area contributed by atoms with Gasteiger partial charge in [-0.05, 0) is 0 Å². The van der Waals surface area contributed by atoms with E-state index in [9.17, 15) is 26.3 Å². The van der Waals surface area contributed by atoms with E-state index in [1.807, 2.05) is 0 Å². The number of ether oxygens (including phenoxy) is 1. The highest BCUT2D eigenvalue weighted by Crippen LogP contribution is 2.40. The largest absolute Gasteiger partial charge is 0.573 e. The number of alkyl halides is 6. The van der Waals surface area contributed by atoms with Crippen LogP contribution in [0.4, 0.5) is 26.3 Å². The van der Waals surface area contributed by atoms with Crippen LogP contribution in [0.5, 0.6) is 5.75 Å². The Bertz CT molecular complexity index is 532. The molecule has 1 aromatic rings. The van der Waals surface area contributed by atoms with Gasteiger partial charge in [0.1, 0.15) is 11.3 Å². The molecule has 0 aromatic carbocycles. The van der Waals surface area contributed by atoms with Crippen LogP contribution in [-0.4, -0.2) is 11.3 Å². The van der Waals surface area contributed by atoms with Crippen LogP contribution in [0, 0.1) is 11.3 Å². The molecule has 110 valence electrons. The summed E-state index contributed by atoms with van der Waals surface area (Å²) in [6.07, 6.45) is -10.7. The lowest BCUT2D eigenvalue weighted by Crippen LogP contribution is -2.23. The normalized spacial score (nSPS) is 12.1. The Labute approximate surface area is 108 Å². The van der Waals surface area contributed by atoms with Crippen molar-refractivity contribution in [3.8, 4) is 11.8 Å². The first-order chi connectivity index (χ1) is 9.10. The third-order valence-electron chi connectivity index (χ3n) is 2.19. The molecule has 4 nitrogen and oxygen atoms in total. The molecule has 1 heterocycles. The van der Waals surface area contributed by atoms with Crippen molar-refractivity contribution in [1.29, 1.82) is 5.26 Å². The van der Waals surface area contributed by atoms with Gasteiger partial charge in [-0.25, -0.2) is 0 Å². The lowest BCUT2D eigenvalue weighted by molar-refractivity contribution is -0.276. The van der Waals surface area contributed by atoms with Crippen LogP contribution in [0.25, 0.3) is 0 Å². The number of aromatic nitrogens is 1. The smallest absolute Gasteiger partial charge is 0.405 e. The fourth-order valence-electron chi connectivity index (χ4n) is 1.44. The fraction of sp³-hybridized carbons (Fsp3) is 0.400. The van der Waals surface area contributed by atoms with Gasteiger partial charge in [0.05, 0.1) is 18.2 Å². The van der Waals surface area contributed by atoms with E-state index in [2.05, 4.69) is 9.72 Å². The monoisotopic (exact) mass is 299 g/mol. The lowest BCUT2D eigenvalue weighted by Gasteiger charge is -2.19. The predicted octanol–water partition coefficient (Wildman–Crippen LogP) is 2.52. The third-order valence-corrected chi connectivity index (χ3v) is 2.19. The van der Waals surface area contributed by atoms with Crippen molar-refractivity contribution in [2.75, 3.05) is 0 Å². The molecule has 0 amide bonds. The number of rotatable bonds is 3. The van der Waals surface area contributed by atoms with Gasteiger partial charge in [0, 0.05) is 18.3 Å². The molecule has 2 N–H and O–H groups in total. The van der Waals surface area contributed by atoms with Crippen molar-refractivity contribution in [3.05, 3.63) is 23.0 Å². The van der Waals surface area contributed by atoms with E-state index in [0.29, 0.717) is 0 Å². The first-order valence-electron chi connectivity index (χ1n) is 5.01. The average molecular weight is 299 g/mol. The Morgan fingerprint density at radius 3 is 2.25 bits per heavy atom. The summed E-state index contributed by atoms with van der Waals surface area (Å²) in [6, 6.07) is 1.57. The zero-order valence-corrected chi connectivity index (χ0v) is 9.64. The maximum absolute atomic E-state index is 12.7. The van der Waals surface area contributed by atoms with Crippen LogP contribution in [0.1, 0.15) is 16.8 Å². The predicted molar refractivity (Wildman–Crippen MR) is 53.1 cm³/mol. The quantitative estimate of drug-likeness (QED) is 0.870. The van der Waals surface area contributed by atoms with E-state index in [1.54, 1.807) is 6.07 Å². The molecule has 20 heavy (non-hydrogen) atoms. The summed E-state index contributed by atoms with van der Waals surface area (Å²) in [7, 11) is 0. The molecule has 0 radical (unpaired) electrons. The number of nitrogens with zero attached hydrogens (tertiary/aromatic N) is 2. The minimum absolute atomic E-state index is 0.187. The van der Waals surface area contributed by atoms with Crippen LogP contribution in [0.2, 0.25) is 0 Å². The second-order valence-corrected chi connectivity index (χ2v) is 3.51. The summed E-state index contributed by atoms with van der Waals surface area (Å²) in [6.45, 7) is -0.681. The molecule has 0 aliphatic rings. The number of halogens is 6. The summed E-state index contributed by atoms with van der Waals surface area (Å²) in [5, 5.41) is 8.48. The molecule has 0 saturated carbocycles. The van der Waals surface area contributed by atoms with Crippen molar-refractivity contribution in [2.45, 2.75) is 25.5 Å². The van der Waals surface area contributed by atoms with Crippen LogP contribution >= 0.6 is 0 Å². The molecule has 0 spiro atoms. The molecule has 1 aromatic heterocycles. The Hall–Kier alpha value is -2.02.